The smallest absolute Gasteiger partial charge is 0.249 e. The molecular weight excluding hydrogens is 422 g/mol. The van der Waals surface area contributed by atoms with Crippen molar-refractivity contribution in [3.63, 3.8) is 0 Å². The lowest BCUT2D eigenvalue weighted by Crippen LogP contribution is -2.51. The third-order valence-electron chi connectivity index (χ3n) is 11.2. The third-order valence-corrected chi connectivity index (χ3v) is 11.2. The van der Waals surface area contributed by atoms with E-state index < -0.39 is 5.60 Å². The van der Waals surface area contributed by atoms with Gasteiger partial charge in [0.15, 0.2) is 12.3 Å². The van der Waals surface area contributed by atoms with E-state index in [1.54, 1.807) is 0 Å². The molecule has 1 aromatic heterocycles. The average molecular weight is 465 g/mol. The Morgan fingerprint density at radius 1 is 1.09 bits per heavy atom. The molecule has 0 radical (unpaired) electrons. The van der Waals surface area contributed by atoms with Crippen molar-refractivity contribution in [2.24, 2.45) is 48.0 Å². The molecule has 0 bridgehead atoms. The molecule has 0 unspecified atom stereocenters. The van der Waals surface area contributed by atoms with Crippen LogP contribution >= 0.6 is 0 Å². The van der Waals surface area contributed by atoms with Crippen molar-refractivity contribution < 1.29 is 14.6 Å². The van der Waals surface area contributed by atoms with Gasteiger partial charge in [0, 0.05) is 11.0 Å². The number of aliphatic hydroxyl groups is 1. The van der Waals surface area contributed by atoms with Crippen molar-refractivity contribution in [2.75, 3.05) is 0 Å². The molecule has 0 amide bonds. The summed E-state index contributed by atoms with van der Waals surface area (Å²) in [4.78, 5) is 15.6. The van der Waals surface area contributed by atoms with E-state index in [1.807, 2.05) is 34.7 Å². The second-order valence-electron chi connectivity index (χ2n) is 12.5. The topological polar surface area (TPSA) is 59.0 Å². The summed E-state index contributed by atoms with van der Waals surface area (Å²) in [5.41, 5.74) is 1.77. The van der Waals surface area contributed by atoms with Crippen LogP contribution in [0.1, 0.15) is 78.1 Å². The number of carbonyl (C=O) groups is 1. The van der Waals surface area contributed by atoms with Crippen LogP contribution in [0.5, 0.6) is 0 Å². The molecule has 4 aliphatic carbocycles. The number of benzene rings is 1. The van der Waals surface area contributed by atoms with Gasteiger partial charge in [-0.25, -0.2) is 0 Å². The lowest BCUT2D eigenvalue weighted by atomic mass is 9.48. The van der Waals surface area contributed by atoms with E-state index in [1.165, 1.54) is 38.5 Å². The Kier molecular flexibility index (Phi) is 5.44. The lowest BCUT2D eigenvalue weighted by molar-refractivity contribution is -0.734. The maximum Gasteiger partial charge on any atom is 0.249 e. The van der Waals surface area contributed by atoms with Crippen LogP contribution in [0.2, 0.25) is 0 Å². The lowest BCUT2D eigenvalue weighted by Gasteiger charge is -2.57. The molecule has 6 rings (SSSR count). The van der Waals surface area contributed by atoms with E-state index >= 15 is 0 Å². The molecule has 1 aromatic carbocycles. The largest absolute Gasteiger partial charge is 0.390 e. The second kappa shape index (κ2) is 8.15. The van der Waals surface area contributed by atoms with Gasteiger partial charge in [-0.2, -0.15) is 4.68 Å². The first kappa shape index (κ1) is 22.7. The molecule has 8 atom stereocenters. The third kappa shape index (κ3) is 3.40. The number of fused-ring (bicyclic) bond motifs is 6. The Morgan fingerprint density at radius 2 is 1.88 bits per heavy atom. The number of para-hydroxylation sites is 1. The zero-order valence-corrected chi connectivity index (χ0v) is 21.2. The second-order valence-corrected chi connectivity index (χ2v) is 12.5. The number of Topliss-reactive ketones (excluding diaryl/α,β-unsaturated/α-hetero) is 1. The van der Waals surface area contributed by atoms with Crippen molar-refractivity contribution in [3.05, 3.63) is 24.3 Å². The summed E-state index contributed by atoms with van der Waals surface area (Å²) in [6, 6.07) is 8.13. The molecule has 4 aliphatic rings. The molecule has 34 heavy (non-hydrogen) atoms. The molecule has 5 heteroatoms. The highest BCUT2D eigenvalue weighted by molar-refractivity contribution is 5.82. The van der Waals surface area contributed by atoms with Gasteiger partial charge in [0.1, 0.15) is 7.05 Å². The van der Waals surface area contributed by atoms with Gasteiger partial charge in [0.2, 0.25) is 11.0 Å². The van der Waals surface area contributed by atoms with E-state index in [2.05, 4.69) is 19.9 Å². The summed E-state index contributed by atoms with van der Waals surface area (Å²) < 4.78 is 2.03. The van der Waals surface area contributed by atoms with Gasteiger partial charge in [-0.3, -0.25) is 4.79 Å². The summed E-state index contributed by atoms with van der Waals surface area (Å²) in [6.07, 6.45) is 11.5. The van der Waals surface area contributed by atoms with E-state index in [-0.39, 0.29) is 11.3 Å². The number of aromatic nitrogens is 3. The predicted octanol–water partition coefficient (Wildman–Crippen LogP) is 4.84. The van der Waals surface area contributed by atoms with Crippen LogP contribution in [0.3, 0.4) is 0 Å². The maximum absolute atomic E-state index is 13.7. The first-order valence-corrected chi connectivity index (χ1v) is 13.9. The molecule has 5 nitrogen and oxygen atoms in total. The van der Waals surface area contributed by atoms with Gasteiger partial charge >= 0.3 is 0 Å². The number of carbonyl (C=O) groups excluding carboxylic acids is 1. The van der Waals surface area contributed by atoms with Gasteiger partial charge in [-0.1, -0.05) is 26.0 Å². The van der Waals surface area contributed by atoms with Crippen molar-refractivity contribution in [3.8, 4) is 0 Å². The Bertz CT molecular complexity index is 1090. The standard InChI is InChI=1S/C29H42N3O2/c1-4-29(34)16-14-20-19(17-29)9-10-22-21(20)13-15-28(2)23(22)11-12-24(28)27(33)18-32-30-25-7-5-6-8-26(25)31(32)3/h5-8,19-24,34H,4,9-18H2,1-3H3/q+1/t19-,20-,21+,22+,23-,24+,28-,29+/m0/s1. The fraction of sp³-hybridized carbons (Fsp3) is 0.759. The van der Waals surface area contributed by atoms with Crippen molar-refractivity contribution in [1.29, 1.82) is 0 Å². The fourth-order valence-electron chi connectivity index (χ4n) is 9.34. The molecule has 0 spiro atoms. The minimum absolute atomic E-state index is 0.148. The maximum atomic E-state index is 13.7. The van der Waals surface area contributed by atoms with E-state index in [9.17, 15) is 9.90 Å². The summed E-state index contributed by atoms with van der Waals surface area (Å²) in [5.74, 6) is 4.37. The summed E-state index contributed by atoms with van der Waals surface area (Å²) in [5, 5.41) is 15.7. The van der Waals surface area contributed by atoms with E-state index in [0.717, 1.165) is 60.4 Å². The number of rotatable bonds is 4. The Labute approximate surface area is 203 Å². The van der Waals surface area contributed by atoms with Gasteiger partial charge < -0.3 is 5.11 Å². The first-order valence-electron chi connectivity index (χ1n) is 13.9. The molecule has 4 fully saturated rings. The molecule has 2 aromatic rings. The van der Waals surface area contributed by atoms with Crippen LogP contribution in [-0.2, 0) is 18.4 Å². The zero-order chi connectivity index (χ0) is 23.7. The molecular formula is C29H42N3O2+. The normalized spacial score (nSPS) is 41.6. The van der Waals surface area contributed by atoms with Crippen LogP contribution in [-0.4, -0.2) is 26.4 Å². The van der Waals surface area contributed by atoms with Crippen LogP contribution in [0.4, 0.5) is 0 Å². The van der Waals surface area contributed by atoms with Gasteiger partial charge in [-0.15, -0.1) is 0 Å². The minimum Gasteiger partial charge on any atom is -0.390 e. The van der Waals surface area contributed by atoms with Gasteiger partial charge in [-0.05, 0) is 116 Å². The monoisotopic (exact) mass is 464 g/mol. The quantitative estimate of drug-likeness (QED) is 0.659. The Morgan fingerprint density at radius 3 is 2.68 bits per heavy atom. The van der Waals surface area contributed by atoms with E-state index in [4.69, 9.17) is 5.10 Å². The van der Waals surface area contributed by atoms with Crippen molar-refractivity contribution >= 4 is 16.8 Å². The van der Waals surface area contributed by atoms with Crippen molar-refractivity contribution in [1.82, 2.24) is 9.90 Å². The van der Waals surface area contributed by atoms with Crippen LogP contribution in [0, 0.1) is 40.9 Å². The molecule has 1 heterocycles. The predicted molar refractivity (Wildman–Crippen MR) is 132 cm³/mol. The van der Waals surface area contributed by atoms with E-state index in [0.29, 0.717) is 18.2 Å². The molecule has 4 saturated carbocycles. The molecule has 1 N–H and O–H groups in total. The van der Waals surface area contributed by atoms with Crippen molar-refractivity contribution in [2.45, 2.75) is 90.2 Å². The Balaban J connectivity index is 1.19. The summed E-state index contributed by atoms with van der Waals surface area (Å²) in [7, 11) is 2.01. The van der Waals surface area contributed by atoms with Crippen LogP contribution in [0.25, 0.3) is 11.0 Å². The fourth-order valence-corrected chi connectivity index (χ4v) is 9.34. The highest BCUT2D eigenvalue weighted by Crippen LogP contribution is 2.64. The molecule has 184 valence electrons. The molecule has 0 saturated heterocycles. The number of hydrogen-bond donors (Lipinski definition) is 1. The summed E-state index contributed by atoms with van der Waals surface area (Å²) >= 11 is 0. The Hall–Kier alpha value is -1.75. The number of hydrogen-bond acceptors (Lipinski definition) is 3. The molecule has 0 aliphatic heterocycles. The highest BCUT2D eigenvalue weighted by atomic mass is 16.3. The first-order chi connectivity index (χ1) is 16.3. The minimum atomic E-state index is -0.407. The SMILES string of the molecule is CC[C@@]1(O)CC[C@H]2[C@@H](CC[C@@H]3[C@@H]2CC[C@]2(C)[C@@H](C(=O)Cn4nc5ccccc5[n+]4C)CC[C@@H]32)C1. The van der Waals surface area contributed by atoms with Crippen LogP contribution in [0.15, 0.2) is 24.3 Å². The number of ketones is 1. The van der Waals surface area contributed by atoms with Gasteiger partial charge in [0.05, 0.1) is 5.60 Å². The number of aryl methyl sites for hydroxylation is 1. The summed E-state index contributed by atoms with van der Waals surface area (Å²) in [6.45, 7) is 4.98. The average Bonchev–Trinajstić information content (AvgIpc) is 3.35. The van der Waals surface area contributed by atoms with Crippen LogP contribution < -0.4 is 4.68 Å². The highest BCUT2D eigenvalue weighted by Gasteiger charge is 2.59. The number of nitrogens with zero attached hydrogens (tertiary/aromatic N) is 3. The van der Waals surface area contributed by atoms with Gasteiger partial charge in [0.25, 0.3) is 0 Å². The zero-order valence-electron chi connectivity index (χ0n) is 21.2.